The topological polar surface area (TPSA) is 45.0 Å². The van der Waals surface area contributed by atoms with Gasteiger partial charge in [0, 0.05) is 45.0 Å². The van der Waals surface area contributed by atoms with Gasteiger partial charge >= 0.3 is 0 Å². The molecule has 0 radical (unpaired) electrons. The van der Waals surface area contributed by atoms with Crippen molar-refractivity contribution >= 4 is 11.4 Å². The summed E-state index contributed by atoms with van der Waals surface area (Å²) in [5.41, 5.74) is 7.16. The van der Waals surface area contributed by atoms with E-state index in [9.17, 15) is 4.39 Å². The molecule has 1 aromatic carbocycles. The van der Waals surface area contributed by atoms with Crippen LogP contribution in [0.2, 0.25) is 0 Å². The van der Waals surface area contributed by atoms with Gasteiger partial charge in [-0.3, -0.25) is 0 Å². The van der Waals surface area contributed by atoms with Crippen molar-refractivity contribution in [2.75, 3.05) is 62.8 Å². The summed E-state index contributed by atoms with van der Waals surface area (Å²) in [6.45, 7) is 5.39. The summed E-state index contributed by atoms with van der Waals surface area (Å²) < 4.78 is 19.9. The van der Waals surface area contributed by atoms with Gasteiger partial charge in [-0.2, -0.15) is 0 Å². The summed E-state index contributed by atoms with van der Waals surface area (Å²) in [4.78, 5) is 6.40. The van der Waals surface area contributed by atoms with Crippen LogP contribution in [0.5, 0.6) is 0 Å². The first-order valence-corrected chi connectivity index (χ1v) is 7.47. The van der Waals surface area contributed by atoms with Crippen molar-refractivity contribution in [1.29, 1.82) is 0 Å². The fraction of sp³-hybridized carbons (Fsp3) is 0.600. The zero-order valence-electron chi connectivity index (χ0n) is 12.5. The van der Waals surface area contributed by atoms with Crippen molar-refractivity contribution in [3.8, 4) is 0 Å². The summed E-state index contributed by atoms with van der Waals surface area (Å²) >= 11 is 0. The molecule has 0 aliphatic carbocycles. The molecule has 2 fully saturated rings. The van der Waals surface area contributed by atoms with E-state index in [4.69, 9.17) is 10.5 Å². The molecule has 5 nitrogen and oxygen atoms in total. The number of nitrogens with zero attached hydrogens (tertiary/aromatic N) is 3. The third-order valence-electron chi connectivity index (χ3n) is 4.29. The van der Waals surface area contributed by atoms with Crippen LogP contribution in [0.4, 0.5) is 15.8 Å². The van der Waals surface area contributed by atoms with Crippen LogP contribution in [0.25, 0.3) is 0 Å². The number of anilines is 2. The zero-order chi connectivity index (χ0) is 14.8. The Labute approximate surface area is 125 Å². The highest BCUT2D eigenvalue weighted by atomic mass is 19.1. The van der Waals surface area contributed by atoms with E-state index < -0.39 is 0 Å². The van der Waals surface area contributed by atoms with Gasteiger partial charge in [0.1, 0.15) is 12.5 Å². The van der Waals surface area contributed by atoms with Gasteiger partial charge < -0.3 is 25.2 Å². The number of benzene rings is 1. The Morgan fingerprint density at radius 3 is 2.62 bits per heavy atom. The number of likely N-dealkylation sites (N-methyl/N-ethyl adjacent to an activating group) is 1. The molecule has 6 heteroatoms. The number of rotatable bonds is 3. The maximum Gasteiger partial charge on any atom is 0.148 e. The molecule has 2 saturated heterocycles. The van der Waals surface area contributed by atoms with Crippen LogP contribution in [0.3, 0.4) is 0 Å². The van der Waals surface area contributed by atoms with Crippen molar-refractivity contribution in [3.05, 3.63) is 24.0 Å². The van der Waals surface area contributed by atoms with Gasteiger partial charge in [-0.1, -0.05) is 0 Å². The van der Waals surface area contributed by atoms with Crippen LogP contribution in [0.1, 0.15) is 0 Å². The highest BCUT2D eigenvalue weighted by Crippen LogP contribution is 2.27. The summed E-state index contributed by atoms with van der Waals surface area (Å²) in [6.07, 6.45) is 0.0466. The summed E-state index contributed by atoms with van der Waals surface area (Å²) in [6, 6.07) is 5.46. The molecule has 0 spiro atoms. The first-order valence-electron chi connectivity index (χ1n) is 7.47. The third kappa shape index (κ3) is 3.12. The molecular weight excluding hydrogens is 271 g/mol. The fourth-order valence-corrected chi connectivity index (χ4v) is 2.87. The van der Waals surface area contributed by atoms with Crippen molar-refractivity contribution in [3.63, 3.8) is 0 Å². The molecule has 3 rings (SSSR count). The summed E-state index contributed by atoms with van der Waals surface area (Å²) in [7, 11) is 2.10. The van der Waals surface area contributed by atoms with Gasteiger partial charge in [-0.25, -0.2) is 4.39 Å². The van der Waals surface area contributed by atoms with Gasteiger partial charge in [0.25, 0.3) is 0 Å². The van der Waals surface area contributed by atoms with Crippen LogP contribution in [0.15, 0.2) is 18.2 Å². The van der Waals surface area contributed by atoms with E-state index >= 15 is 0 Å². The van der Waals surface area contributed by atoms with Gasteiger partial charge in [-0.15, -0.1) is 0 Å². The second kappa shape index (κ2) is 6.17. The van der Waals surface area contributed by atoms with Crippen molar-refractivity contribution in [2.24, 2.45) is 5.73 Å². The quantitative estimate of drug-likeness (QED) is 0.889. The van der Waals surface area contributed by atoms with Crippen LogP contribution in [-0.4, -0.2) is 64.1 Å². The number of nitrogens with two attached hydrogens (primary N) is 1. The van der Waals surface area contributed by atoms with E-state index in [1.807, 2.05) is 17.0 Å². The molecule has 0 bridgehead atoms. The zero-order valence-corrected chi connectivity index (χ0v) is 12.5. The molecule has 1 aromatic rings. The normalized spacial score (nSPS) is 23.9. The number of ether oxygens (including phenoxy) is 1. The highest BCUT2D eigenvalue weighted by Gasteiger charge is 2.23. The molecule has 0 saturated carbocycles. The lowest BCUT2D eigenvalue weighted by molar-refractivity contribution is 0.122. The van der Waals surface area contributed by atoms with Crippen LogP contribution in [-0.2, 0) is 4.74 Å². The van der Waals surface area contributed by atoms with Gasteiger partial charge in [0.2, 0.25) is 0 Å². The highest BCUT2D eigenvalue weighted by molar-refractivity contribution is 5.58. The number of halogens is 1. The lowest BCUT2D eigenvalue weighted by atomic mass is 10.2. The minimum atomic E-state index is -0.159. The molecule has 2 aliphatic heterocycles. The fourth-order valence-electron chi connectivity index (χ4n) is 2.87. The monoisotopic (exact) mass is 294 g/mol. The average molecular weight is 294 g/mol. The molecule has 0 amide bonds. The average Bonchev–Trinajstić information content (AvgIpc) is 2.97. The molecule has 1 atom stereocenters. The number of hydrogen-bond acceptors (Lipinski definition) is 5. The first-order chi connectivity index (χ1) is 10.2. The second-order valence-electron chi connectivity index (χ2n) is 5.80. The molecule has 2 N–H and O–H groups in total. The third-order valence-corrected chi connectivity index (χ3v) is 4.29. The Kier molecular flexibility index (Phi) is 4.28. The lowest BCUT2D eigenvalue weighted by Gasteiger charge is -2.34. The smallest absolute Gasteiger partial charge is 0.148 e. The maximum absolute atomic E-state index is 14.4. The Hall–Kier alpha value is -1.37. The second-order valence-corrected chi connectivity index (χ2v) is 5.80. The Bertz CT molecular complexity index is 491. The first kappa shape index (κ1) is 14.6. The van der Waals surface area contributed by atoms with E-state index in [-0.39, 0.29) is 11.9 Å². The van der Waals surface area contributed by atoms with E-state index in [1.54, 1.807) is 6.07 Å². The standard InChI is InChI=1S/C15H23FN4O/c1-18-4-6-19(7-5-18)15-3-2-12(8-14(15)16)20-10-13(9-17)21-11-20/h2-3,8,13H,4-7,9-11,17H2,1H3/t13-/m0/s1. The van der Waals surface area contributed by atoms with E-state index in [1.165, 1.54) is 0 Å². The Morgan fingerprint density at radius 1 is 1.24 bits per heavy atom. The SMILES string of the molecule is CN1CCN(c2ccc(N3CO[C@@H](CN)C3)cc2F)CC1. The molecule has 2 heterocycles. The number of piperazine rings is 1. The maximum atomic E-state index is 14.4. The largest absolute Gasteiger partial charge is 0.367 e. The van der Waals surface area contributed by atoms with Gasteiger partial charge in [0.15, 0.2) is 0 Å². The van der Waals surface area contributed by atoms with Gasteiger partial charge in [0.05, 0.1) is 11.8 Å². The predicted octanol–water partition coefficient (Wildman–Crippen LogP) is 0.699. The molecule has 21 heavy (non-hydrogen) atoms. The van der Waals surface area contributed by atoms with Crippen molar-refractivity contribution < 1.29 is 9.13 Å². The van der Waals surface area contributed by atoms with Crippen LogP contribution >= 0.6 is 0 Å². The minimum Gasteiger partial charge on any atom is -0.367 e. The van der Waals surface area contributed by atoms with Crippen molar-refractivity contribution in [2.45, 2.75) is 6.10 Å². The van der Waals surface area contributed by atoms with Gasteiger partial charge in [-0.05, 0) is 25.2 Å². The lowest BCUT2D eigenvalue weighted by Crippen LogP contribution is -2.44. The van der Waals surface area contributed by atoms with Crippen molar-refractivity contribution in [1.82, 2.24) is 4.90 Å². The van der Waals surface area contributed by atoms with E-state index in [0.29, 0.717) is 19.0 Å². The summed E-state index contributed by atoms with van der Waals surface area (Å²) in [5.74, 6) is -0.159. The minimum absolute atomic E-state index is 0.0466. The number of hydrogen-bond donors (Lipinski definition) is 1. The predicted molar refractivity (Wildman–Crippen MR) is 82.3 cm³/mol. The molecule has 0 unspecified atom stereocenters. The molecular formula is C15H23FN4O. The molecule has 0 aromatic heterocycles. The van der Waals surface area contributed by atoms with E-state index in [0.717, 1.165) is 38.4 Å². The molecule has 2 aliphatic rings. The Balaban J connectivity index is 1.71. The van der Waals surface area contributed by atoms with Crippen LogP contribution < -0.4 is 15.5 Å². The van der Waals surface area contributed by atoms with E-state index in [2.05, 4.69) is 16.8 Å². The van der Waals surface area contributed by atoms with Crippen LogP contribution in [0, 0.1) is 5.82 Å². The summed E-state index contributed by atoms with van der Waals surface area (Å²) in [5, 5.41) is 0. The Morgan fingerprint density at radius 2 is 2.00 bits per heavy atom. The molecule has 116 valence electrons.